The van der Waals surface area contributed by atoms with E-state index in [1.54, 1.807) is 17.5 Å². The van der Waals surface area contributed by atoms with Gasteiger partial charge in [0.2, 0.25) is 5.91 Å². The number of nitrogens with one attached hydrogen (secondary N) is 1. The Labute approximate surface area is 156 Å². The molecule has 0 radical (unpaired) electrons. The highest BCUT2D eigenvalue weighted by molar-refractivity contribution is 7.13. The highest BCUT2D eigenvalue weighted by Gasteiger charge is 2.22. The fourth-order valence-corrected chi connectivity index (χ4v) is 4.28. The first kappa shape index (κ1) is 18.4. The molecule has 1 saturated heterocycles. The van der Waals surface area contributed by atoms with Crippen molar-refractivity contribution < 1.29 is 4.79 Å². The van der Waals surface area contributed by atoms with Crippen LogP contribution in [0.5, 0.6) is 0 Å². The minimum Gasteiger partial charge on any atom is -0.301 e. The van der Waals surface area contributed by atoms with E-state index < -0.39 is 0 Å². The van der Waals surface area contributed by atoms with Crippen molar-refractivity contribution in [3.05, 3.63) is 27.7 Å². The molecular formula is C17H25N5OS2. The maximum absolute atomic E-state index is 12.0. The number of hydrogen-bond donors (Lipinski definition) is 1. The highest BCUT2D eigenvalue weighted by atomic mass is 32.1. The summed E-state index contributed by atoms with van der Waals surface area (Å²) < 4.78 is 0. The van der Waals surface area contributed by atoms with E-state index in [2.05, 4.69) is 46.3 Å². The topological polar surface area (TPSA) is 61.4 Å². The van der Waals surface area contributed by atoms with Crippen LogP contribution in [-0.2, 0) is 16.8 Å². The predicted molar refractivity (Wildman–Crippen MR) is 103 cm³/mol. The van der Waals surface area contributed by atoms with Gasteiger partial charge in [0.25, 0.3) is 0 Å². The summed E-state index contributed by atoms with van der Waals surface area (Å²) in [4.78, 5) is 25.5. The zero-order valence-corrected chi connectivity index (χ0v) is 16.6. The number of nitrogens with zero attached hydrogens (tertiary/aromatic N) is 4. The zero-order valence-electron chi connectivity index (χ0n) is 15.0. The Morgan fingerprint density at radius 2 is 1.92 bits per heavy atom. The molecule has 1 fully saturated rings. The van der Waals surface area contributed by atoms with Gasteiger partial charge in [-0.25, -0.2) is 9.97 Å². The second kappa shape index (κ2) is 7.90. The van der Waals surface area contributed by atoms with E-state index in [9.17, 15) is 4.79 Å². The number of aromatic nitrogens is 2. The first-order valence-electron chi connectivity index (χ1n) is 8.49. The van der Waals surface area contributed by atoms with E-state index in [1.165, 1.54) is 22.0 Å². The third kappa shape index (κ3) is 5.31. The number of rotatable bonds is 5. The van der Waals surface area contributed by atoms with Gasteiger partial charge in [-0.2, -0.15) is 0 Å². The molecule has 0 bridgehead atoms. The van der Waals surface area contributed by atoms with E-state index >= 15 is 0 Å². The molecule has 1 aliphatic heterocycles. The lowest BCUT2D eigenvalue weighted by atomic mass is 9.93. The minimum absolute atomic E-state index is 0.0122. The van der Waals surface area contributed by atoms with Gasteiger partial charge >= 0.3 is 0 Å². The van der Waals surface area contributed by atoms with Crippen molar-refractivity contribution in [3.63, 3.8) is 0 Å². The summed E-state index contributed by atoms with van der Waals surface area (Å²) in [5, 5.41) is 8.73. The molecule has 2 aromatic heterocycles. The maximum Gasteiger partial charge on any atom is 0.240 e. The average molecular weight is 380 g/mol. The van der Waals surface area contributed by atoms with Crippen LogP contribution in [0.4, 0.5) is 5.13 Å². The molecule has 8 heteroatoms. The molecule has 0 unspecified atom stereocenters. The Balaban J connectivity index is 1.42. The van der Waals surface area contributed by atoms with Crippen molar-refractivity contribution in [1.82, 2.24) is 19.8 Å². The van der Waals surface area contributed by atoms with Crippen molar-refractivity contribution in [2.24, 2.45) is 0 Å². The molecule has 3 heterocycles. The molecule has 1 aliphatic rings. The normalized spacial score (nSPS) is 16.9. The standard InChI is InChI=1S/C17H25N5OS2/c1-17(2,3)13-12-25-15(19-13)11-22-7-5-21(6-8-22)10-14(23)20-16-18-4-9-24-16/h4,9,12H,5-8,10-11H2,1-3H3,(H,18,20,23). The largest absolute Gasteiger partial charge is 0.301 e. The summed E-state index contributed by atoms with van der Waals surface area (Å²) in [6, 6.07) is 0. The average Bonchev–Trinajstić information content (AvgIpc) is 3.20. The Morgan fingerprint density at radius 1 is 1.20 bits per heavy atom. The van der Waals surface area contributed by atoms with Crippen LogP contribution in [0.25, 0.3) is 0 Å². The fourth-order valence-electron chi connectivity index (χ4n) is 2.67. The zero-order chi connectivity index (χ0) is 17.9. The summed E-state index contributed by atoms with van der Waals surface area (Å²) in [7, 11) is 0. The van der Waals surface area contributed by atoms with Gasteiger partial charge in [0.05, 0.1) is 18.8 Å². The molecule has 1 N–H and O–H groups in total. The minimum atomic E-state index is 0.0122. The van der Waals surface area contributed by atoms with Gasteiger partial charge in [0.1, 0.15) is 5.01 Å². The molecule has 0 aliphatic carbocycles. The van der Waals surface area contributed by atoms with Crippen molar-refractivity contribution in [1.29, 1.82) is 0 Å². The second-order valence-electron chi connectivity index (χ2n) is 7.31. The van der Waals surface area contributed by atoms with Crippen LogP contribution in [0.1, 0.15) is 31.5 Å². The van der Waals surface area contributed by atoms with Gasteiger partial charge in [-0.05, 0) is 0 Å². The molecule has 136 valence electrons. The molecular weight excluding hydrogens is 354 g/mol. The number of thiazole rings is 2. The third-order valence-corrected chi connectivity index (χ3v) is 5.71. The van der Waals surface area contributed by atoms with Crippen LogP contribution in [0.15, 0.2) is 17.0 Å². The molecule has 2 aromatic rings. The highest BCUT2D eigenvalue weighted by Crippen LogP contribution is 2.24. The van der Waals surface area contributed by atoms with E-state index in [1.807, 2.05) is 5.38 Å². The van der Waals surface area contributed by atoms with Crippen molar-refractivity contribution in [2.75, 3.05) is 38.0 Å². The van der Waals surface area contributed by atoms with E-state index in [4.69, 9.17) is 4.98 Å². The van der Waals surface area contributed by atoms with E-state index in [-0.39, 0.29) is 11.3 Å². The Hall–Kier alpha value is -1.35. The quantitative estimate of drug-likeness (QED) is 0.865. The Kier molecular flexibility index (Phi) is 5.83. The monoisotopic (exact) mass is 379 g/mol. The SMILES string of the molecule is CC(C)(C)c1csc(CN2CCN(CC(=O)Nc3nccs3)CC2)n1. The fraction of sp³-hybridized carbons (Fsp3) is 0.588. The van der Waals surface area contributed by atoms with Crippen LogP contribution < -0.4 is 5.32 Å². The molecule has 0 spiro atoms. The first-order valence-corrected chi connectivity index (χ1v) is 10.2. The molecule has 0 atom stereocenters. The summed E-state index contributed by atoms with van der Waals surface area (Å²) in [6.07, 6.45) is 1.70. The molecule has 0 aromatic carbocycles. The van der Waals surface area contributed by atoms with Crippen LogP contribution in [0.2, 0.25) is 0 Å². The van der Waals surface area contributed by atoms with E-state index in [0.29, 0.717) is 11.7 Å². The van der Waals surface area contributed by atoms with Gasteiger partial charge in [-0.15, -0.1) is 22.7 Å². The van der Waals surface area contributed by atoms with Gasteiger partial charge < -0.3 is 5.32 Å². The molecule has 1 amide bonds. The number of carbonyl (C=O) groups excluding carboxylic acids is 1. The molecule has 6 nitrogen and oxygen atoms in total. The van der Waals surface area contributed by atoms with Crippen LogP contribution in [0.3, 0.4) is 0 Å². The smallest absolute Gasteiger partial charge is 0.240 e. The van der Waals surface area contributed by atoms with Crippen molar-refractivity contribution in [2.45, 2.75) is 32.7 Å². The number of amides is 1. The lowest BCUT2D eigenvalue weighted by molar-refractivity contribution is -0.117. The maximum atomic E-state index is 12.0. The van der Waals surface area contributed by atoms with Crippen molar-refractivity contribution >= 4 is 33.7 Å². The van der Waals surface area contributed by atoms with Crippen LogP contribution in [-0.4, -0.2) is 58.4 Å². The Morgan fingerprint density at radius 3 is 2.52 bits per heavy atom. The number of anilines is 1. The lowest BCUT2D eigenvalue weighted by Gasteiger charge is -2.33. The van der Waals surface area contributed by atoms with Crippen LogP contribution in [0, 0.1) is 0 Å². The number of hydrogen-bond acceptors (Lipinski definition) is 7. The van der Waals surface area contributed by atoms with Crippen LogP contribution >= 0.6 is 22.7 Å². The summed E-state index contributed by atoms with van der Waals surface area (Å²) in [5.41, 5.74) is 1.28. The molecule has 0 saturated carbocycles. The van der Waals surface area contributed by atoms with Gasteiger partial charge in [-0.1, -0.05) is 20.8 Å². The summed E-state index contributed by atoms with van der Waals surface area (Å²) in [5.74, 6) is 0.0122. The van der Waals surface area contributed by atoms with Gasteiger partial charge in [0.15, 0.2) is 5.13 Å². The first-order chi connectivity index (χ1) is 11.9. The lowest BCUT2D eigenvalue weighted by Crippen LogP contribution is -2.48. The summed E-state index contributed by atoms with van der Waals surface area (Å²) >= 11 is 3.19. The Bertz CT molecular complexity index is 684. The van der Waals surface area contributed by atoms with E-state index in [0.717, 1.165) is 32.7 Å². The molecule has 3 rings (SSSR count). The third-order valence-electron chi connectivity index (χ3n) is 4.19. The van der Waals surface area contributed by atoms with Crippen molar-refractivity contribution in [3.8, 4) is 0 Å². The predicted octanol–water partition coefficient (Wildman–Crippen LogP) is 2.65. The number of piperazine rings is 1. The summed E-state index contributed by atoms with van der Waals surface area (Å²) in [6.45, 7) is 11.7. The number of carbonyl (C=O) groups is 1. The molecule has 25 heavy (non-hydrogen) atoms. The second-order valence-corrected chi connectivity index (χ2v) is 9.15. The van der Waals surface area contributed by atoms with Gasteiger partial charge in [-0.3, -0.25) is 14.6 Å². The van der Waals surface area contributed by atoms with Gasteiger partial charge in [0, 0.05) is 48.6 Å².